The summed E-state index contributed by atoms with van der Waals surface area (Å²) in [7, 11) is -3.62. The van der Waals surface area contributed by atoms with Gasteiger partial charge in [0, 0.05) is 31.6 Å². The summed E-state index contributed by atoms with van der Waals surface area (Å²) in [5, 5.41) is 1.15. The molecule has 0 atom stereocenters. The molecule has 1 saturated heterocycles. The molecule has 0 spiro atoms. The van der Waals surface area contributed by atoms with E-state index in [-0.39, 0.29) is 31.9 Å². The summed E-state index contributed by atoms with van der Waals surface area (Å²) in [5.74, 6) is -2.35. The number of primary amides is 1. The van der Waals surface area contributed by atoms with E-state index in [1.807, 2.05) is 18.2 Å². The Labute approximate surface area is 179 Å². The zero-order valence-electron chi connectivity index (χ0n) is 16.6. The van der Waals surface area contributed by atoms with Gasteiger partial charge in [-0.2, -0.15) is 4.31 Å². The predicted molar refractivity (Wildman–Crippen MR) is 113 cm³/mol. The minimum absolute atomic E-state index is 0.117. The van der Waals surface area contributed by atoms with Gasteiger partial charge >= 0.3 is 0 Å². The van der Waals surface area contributed by atoms with E-state index in [4.69, 9.17) is 10.5 Å². The van der Waals surface area contributed by atoms with Crippen molar-refractivity contribution in [1.82, 2.24) is 9.21 Å². The summed E-state index contributed by atoms with van der Waals surface area (Å²) in [6.45, 7) is 0.225. The Morgan fingerprint density at radius 1 is 1.03 bits per heavy atom. The summed E-state index contributed by atoms with van der Waals surface area (Å²) in [4.78, 5) is 25.3. The van der Waals surface area contributed by atoms with Gasteiger partial charge in [-0.3, -0.25) is 9.59 Å². The standard InChI is InChI=1S/C21H22FN3O5S/c22-17-7-4-8-18(20(17)21(23)27)30-15-19(26)24-10-12-25(13-11-24)31(28,29)14-9-16-5-2-1-3-6-16/h1-9,14H,10-13,15H2,(H2,23,27)/b14-9+. The van der Waals surface area contributed by atoms with Crippen molar-refractivity contribution in [3.05, 3.63) is 70.9 Å². The highest BCUT2D eigenvalue weighted by Crippen LogP contribution is 2.21. The van der Waals surface area contributed by atoms with Crippen molar-refractivity contribution in [2.24, 2.45) is 5.73 Å². The molecular formula is C21H22FN3O5S. The van der Waals surface area contributed by atoms with Gasteiger partial charge in [-0.1, -0.05) is 36.4 Å². The molecule has 2 amide bonds. The fraction of sp³-hybridized carbons (Fsp3) is 0.238. The Morgan fingerprint density at radius 2 is 1.71 bits per heavy atom. The number of amides is 2. The summed E-state index contributed by atoms with van der Waals surface area (Å²) in [6.07, 6.45) is 1.52. The zero-order chi connectivity index (χ0) is 22.4. The Bertz CT molecular complexity index is 1080. The molecule has 3 rings (SSSR count). The van der Waals surface area contributed by atoms with Gasteiger partial charge in [0.2, 0.25) is 10.0 Å². The van der Waals surface area contributed by atoms with E-state index in [1.54, 1.807) is 12.1 Å². The number of piperazine rings is 1. The van der Waals surface area contributed by atoms with E-state index >= 15 is 0 Å². The number of benzene rings is 2. The molecule has 2 N–H and O–H groups in total. The maximum atomic E-state index is 13.8. The first-order valence-corrected chi connectivity index (χ1v) is 11.0. The van der Waals surface area contributed by atoms with Crippen LogP contribution >= 0.6 is 0 Å². The van der Waals surface area contributed by atoms with Crippen LogP contribution in [0, 0.1) is 5.82 Å². The number of ether oxygens (including phenoxy) is 1. The topological polar surface area (TPSA) is 110 Å². The van der Waals surface area contributed by atoms with Gasteiger partial charge in [-0.25, -0.2) is 12.8 Å². The van der Waals surface area contributed by atoms with Gasteiger partial charge in [-0.05, 0) is 23.8 Å². The van der Waals surface area contributed by atoms with Crippen LogP contribution in [-0.4, -0.2) is 62.2 Å². The SMILES string of the molecule is NC(=O)c1c(F)cccc1OCC(=O)N1CCN(S(=O)(=O)/C=C/c2ccccc2)CC1. The van der Waals surface area contributed by atoms with Crippen LogP contribution in [0.25, 0.3) is 6.08 Å². The summed E-state index contributed by atoms with van der Waals surface area (Å²) < 4.78 is 45.4. The van der Waals surface area contributed by atoms with Crippen LogP contribution in [0.1, 0.15) is 15.9 Å². The second kappa shape index (κ2) is 9.71. The average molecular weight is 447 g/mol. The Hall–Kier alpha value is -3.24. The molecule has 0 aliphatic carbocycles. The number of sulfonamides is 1. The predicted octanol–water partition coefficient (Wildman–Crippen LogP) is 1.45. The maximum Gasteiger partial charge on any atom is 0.260 e. The van der Waals surface area contributed by atoms with E-state index in [2.05, 4.69) is 0 Å². The Morgan fingerprint density at radius 3 is 2.35 bits per heavy atom. The van der Waals surface area contributed by atoms with Gasteiger partial charge in [-0.15, -0.1) is 0 Å². The monoisotopic (exact) mass is 447 g/mol. The molecule has 0 radical (unpaired) electrons. The number of nitrogens with two attached hydrogens (primary N) is 1. The lowest BCUT2D eigenvalue weighted by Crippen LogP contribution is -2.51. The Kier molecular flexibility index (Phi) is 7.03. The number of hydrogen-bond donors (Lipinski definition) is 1. The van der Waals surface area contributed by atoms with Crippen LogP contribution in [0.15, 0.2) is 53.9 Å². The highest BCUT2D eigenvalue weighted by atomic mass is 32.2. The number of carbonyl (C=O) groups is 2. The van der Waals surface area contributed by atoms with Gasteiger partial charge in [0.1, 0.15) is 17.1 Å². The molecule has 164 valence electrons. The molecule has 0 aromatic heterocycles. The van der Waals surface area contributed by atoms with Gasteiger partial charge in [0.05, 0.1) is 0 Å². The van der Waals surface area contributed by atoms with Crippen LogP contribution < -0.4 is 10.5 Å². The molecule has 31 heavy (non-hydrogen) atoms. The van der Waals surface area contributed by atoms with E-state index in [0.29, 0.717) is 0 Å². The molecule has 8 nitrogen and oxygen atoms in total. The summed E-state index contributed by atoms with van der Waals surface area (Å²) in [5.41, 5.74) is 5.51. The molecule has 1 fully saturated rings. The molecular weight excluding hydrogens is 425 g/mol. The molecule has 1 heterocycles. The number of rotatable bonds is 7. The molecule has 1 aliphatic rings. The van der Waals surface area contributed by atoms with Crippen molar-refractivity contribution < 1.29 is 27.1 Å². The van der Waals surface area contributed by atoms with Crippen molar-refractivity contribution in [1.29, 1.82) is 0 Å². The van der Waals surface area contributed by atoms with Crippen LogP contribution in [0.5, 0.6) is 5.75 Å². The van der Waals surface area contributed by atoms with Crippen molar-refractivity contribution in [3.63, 3.8) is 0 Å². The lowest BCUT2D eigenvalue weighted by molar-refractivity contribution is -0.134. The molecule has 1 aliphatic heterocycles. The summed E-state index contributed by atoms with van der Waals surface area (Å²) in [6, 6.07) is 12.8. The zero-order valence-corrected chi connectivity index (χ0v) is 17.4. The lowest BCUT2D eigenvalue weighted by Gasteiger charge is -2.33. The molecule has 2 aromatic rings. The van der Waals surface area contributed by atoms with Gasteiger partial charge in [0.25, 0.3) is 11.8 Å². The van der Waals surface area contributed by atoms with E-state index in [0.717, 1.165) is 17.0 Å². The van der Waals surface area contributed by atoms with Crippen molar-refractivity contribution in [3.8, 4) is 5.75 Å². The third kappa shape index (κ3) is 5.68. The third-order valence-corrected chi connectivity index (χ3v) is 6.32. The molecule has 10 heteroatoms. The minimum atomic E-state index is -3.62. The Balaban J connectivity index is 1.55. The molecule has 0 saturated carbocycles. The fourth-order valence-corrected chi connectivity index (χ4v) is 4.27. The first kappa shape index (κ1) is 22.4. The van der Waals surface area contributed by atoms with Crippen molar-refractivity contribution in [2.45, 2.75) is 0 Å². The number of hydrogen-bond acceptors (Lipinski definition) is 5. The highest BCUT2D eigenvalue weighted by molar-refractivity contribution is 7.92. The summed E-state index contributed by atoms with van der Waals surface area (Å²) >= 11 is 0. The van der Waals surface area contributed by atoms with Crippen LogP contribution in [0.4, 0.5) is 4.39 Å². The molecule has 2 aromatic carbocycles. The van der Waals surface area contributed by atoms with Crippen LogP contribution in [-0.2, 0) is 14.8 Å². The van der Waals surface area contributed by atoms with Crippen molar-refractivity contribution in [2.75, 3.05) is 32.8 Å². The molecule has 0 unspecified atom stereocenters. The van der Waals surface area contributed by atoms with Gasteiger partial charge < -0.3 is 15.4 Å². The highest BCUT2D eigenvalue weighted by Gasteiger charge is 2.27. The number of carbonyl (C=O) groups excluding carboxylic acids is 2. The lowest BCUT2D eigenvalue weighted by atomic mass is 10.2. The minimum Gasteiger partial charge on any atom is -0.483 e. The van der Waals surface area contributed by atoms with E-state index in [9.17, 15) is 22.4 Å². The van der Waals surface area contributed by atoms with E-state index < -0.39 is 39.8 Å². The first-order valence-electron chi connectivity index (χ1n) is 9.50. The quantitative estimate of drug-likeness (QED) is 0.691. The second-order valence-electron chi connectivity index (χ2n) is 6.80. The average Bonchev–Trinajstić information content (AvgIpc) is 2.76. The normalized spacial score (nSPS) is 15.2. The van der Waals surface area contributed by atoms with E-state index in [1.165, 1.54) is 27.4 Å². The smallest absolute Gasteiger partial charge is 0.260 e. The first-order chi connectivity index (χ1) is 14.8. The number of halogens is 1. The van der Waals surface area contributed by atoms with Crippen LogP contribution in [0.3, 0.4) is 0 Å². The third-order valence-electron chi connectivity index (χ3n) is 4.76. The number of nitrogens with zero attached hydrogens (tertiary/aromatic N) is 2. The molecule has 0 bridgehead atoms. The second-order valence-corrected chi connectivity index (χ2v) is 8.62. The van der Waals surface area contributed by atoms with Crippen molar-refractivity contribution >= 4 is 27.9 Å². The largest absolute Gasteiger partial charge is 0.483 e. The van der Waals surface area contributed by atoms with Gasteiger partial charge in [0.15, 0.2) is 6.61 Å². The van der Waals surface area contributed by atoms with Crippen LogP contribution in [0.2, 0.25) is 0 Å². The maximum absolute atomic E-state index is 13.8. The fourth-order valence-electron chi connectivity index (χ4n) is 3.10.